The molecule has 1 aliphatic rings. The van der Waals surface area contributed by atoms with Gasteiger partial charge in [0.05, 0.1) is 22.2 Å². The lowest BCUT2D eigenvalue weighted by molar-refractivity contribution is -0.126. The number of rotatable bonds is 6. The Bertz CT molecular complexity index is 1230. The summed E-state index contributed by atoms with van der Waals surface area (Å²) in [5.74, 6) is -1.61. The SMILES string of the molecule is O=C1CC(C(=O)NCCc2ccccc2)c2c(nc(Nc3ccc(Cl)cc3Cl)[nH]c2=O)N1. The summed E-state index contributed by atoms with van der Waals surface area (Å²) in [5, 5.41) is 9.07. The second kappa shape index (κ2) is 9.42. The second-order valence-corrected chi connectivity index (χ2v) is 8.10. The molecule has 8 nitrogen and oxygen atoms in total. The molecule has 1 aliphatic heterocycles. The number of benzene rings is 2. The van der Waals surface area contributed by atoms with E-state index in [1.54, 1.807) is 18.2 Å². The summed E-state index contributed by atoms with van der Waals surface area (Å²) in [7, 11) is 0. The van der Waals surface area contributed by atoms with Crippen molar-refractivity contribution in [2.75, 3.05) is 17.2 Å². The predicted octanol–water partition coefficient (Wildman–Crippen LogP) is 3.61. The summed E-state index contributed by atoms with van der Waals surface area (Å²) < 4.78 is 0. The normalized spacial score (nSPS) is 14.9. The number of nitrogens with zero attached hydrogens (tertiary/aromatic N) is 1. The number of aromatic nitrogens is 2. The highest BCUT2D eigenvalue weighted by molar-refractivity contribution is 6.36. The third kappa shape index (κ3) is 4.92. The first-order chi connectivity index (χ1) is 15.4. The Labute approximate surface area is 193 Å². The zero-order chi connectivity index (χ0) is 22.7. The van der Waals surface area contributed by atoms with Crippen LogP contribution in [-0.2, 0) is 16.0 Å². The molecule has 0 saturated heterocycles. The van der Waals surface area contributed by atoms with Gasteiger partial charge in [0.2, 0.25) is 17.8 Å². The maximum Gasteiger partial charge on any atom is 0.258 e. The minimum Gasteiger partial charge on any atom is -0.355 e. The molecule has 1 unspecified atom stereocenters. The summed E-state index contributed by atoms with van der Waals surface area (Å²) in [4.78, 5) is 44.7. The topological polar surface area (TPSA) is 116 Å². The van der Waals surface area contributed by atoms with Gasteiger partial charge >= 0.3 is 0 Å². The summed E-state index contributed by atoms with van der Waals surface area (Å²) in [6, 6.07) is 14.5. The number of carbonyl (C=O) groups is 2. The number of halogens is 2. The van der Waals surface area contributed by atoms with E-state index in [0.29, 0.717) is 28.7 Å². The van der Waals surface area contributed by atoms with Gasteiger partial charge in [0, 0.05) is 18.0 Å². The van der Waals surface area contributed by atoms with Gasteiger partial charge in [0.1, 0.15) is 5.82 Å². The molecule has 4 rings (SSSR count). The molecular weight excluding hydrogens is 453 g/mol. The molecule has 0 bridgehead atoms. The first-order valence-electron chi connectivity index (χ1n) is 9.88. The van der Waals surface area contributed by atoms with Crippen LogP contribution < -0.4 is 21.5 Å². The number of hydrogen-bond donors (Lipinski definition) is 4. The fourth-order valence-corrected chi connectivity index (χ4v) is 3.93. The fourth-order valence-electron chi connectivity index (χ4n) is 3.47. The van der Waals surface area contributed by atoms with Crippen LogP contribution in [0.5, 0.6) is 0 Å². The average Bonchev–Trinajstić information content (AvgIpc) is 2.75. The third-order valence-electron chi connectivity index (χ3n) is 5.01. The van der Waals surface area contributed by atoms with Crippen LogP contribution in [0.1, 0.15) is 23.5 Å². The third-order valence-corrected chi connectivity index (χ3v) is 5.56. The molecule has 32 heavy (non-hydrogen) atoms. The summed E-state index contributed by atoms with van der Waals surface area (Å²) in [6.07, 6.45) is 0.502. The minimum atomic E-state index is -0.932. The molecule has 0 aliphatic carbocycles. The van der Waals surface area contributed by atoms with Gasteiger partial charge in [-0.15, -0.1) is 0 Å². The van der Waals surface area contributed by atoms with E-state index in [2.05, 4.69) is 25.9 Å². The van der Waals surface area contributed by atoms with E-state index in [1.807, 2.05) is 30.3 Å². The van der Waals surface area contributed by atoms with Crippen molar-refractivity contribution >= 4 is 52.5 Å². The Morgan fingerprint density at radius 1 is 1.12 bits per heavy atom. The molecule has 1 atom stereocenters. The highest BCUT2D eigenvalue weighted by Gasteiger charge is 2.34. The largest absolute Gasteiger partial charge is 0.355 e. The van der Waals surface area contributed by atoms with E-state index in [0.717, 1.165) is 5.56 Å². The van der Waals surface area contributed by atoms with Crippen molar-refractivity contribution in [2.45, 2.75) is 18.8 Å². The van der Waals surface area contributed by atoms with Crippen LogP contribution in [0.15, 0.2) is 53.3 Å². The van der Waals surface area contributed by atoms with E-state index in [9.17, 15) is 14.4 Å². The van der Waals surface area contributed by atoms with Gasteiger partial charge in [-0.05, 0) is 30.2 Å². The zero-order valence-electron chi connectivity index (χ0n) is 16.7. The number of anilines is 3. The molecule has 0 saturated carbocycles. The van der Waals surface area contributed by atoms with Crippen LogP contribution in [0.4, 0.5) is 17.5 Å². The maximum absolute atomic E-state index is 12.8. The van der Waals surface area contributed by atoms with Crippen molar-refractivity contribution in [3.05, 3.63) is 80.1 Å². The average molecular weight is 472 g/mol. The highest BCUT2D eigenvalue weighted by atomic mass is 35.5. The van der Waals surface area contributed by atoms with E-state index in [1.165, 1.54) is 0 Å². The molecule has 2 aromatic carbocycles. The Kier molecular flexibility index (Phi) is 6.43. The van der Waals surface area contributed by atoms with Crippen LogP contribution in [0.2, 0.25) is 10.0 Å². The van der Waals surface area contributed by atoms with Crippen molar-refractivity contribution in [2.24, 2.45) is 0 Å². The number of hydrogen-bond acceptors (Lipinski definition) is 5. The molecule has 3 aromatic rings. The summed E-state index contributed by atoms with van der Waals surface area (Å²) in [5.41, 5.74) is 1.14. The molecule has 0 fully saturated rings. The van der Waals surface area contributed by atoms with E-state index < -0.39 is 23.3 Å². The Morgan fingerprint density at radius 3 is 2.66 bits per heavy atom. The van der Waals surface area contributed by atoms with Crippen molar-refractivity contribution in [1.82, 2.24) is 15.3 Å². The van der Waals surface area contributed by atoms with E-state index in [-0.39, 0.29) is 23.8 Å². The van der Waals surface area contributed by atoms with Crippen LogP contribution in [0.25, 0.3) is 0 Å². The standard InChI is InChI=1S/C22H19Cl2N5O3/c23-13-6-7-16(15(24)10-13)26-22-28-19-18(21(32)29-22)14(11-17(30)27-19)20(31)25-9-8-12-4-2-1-3-5-12/h1-7,10,14H,8-9,11H2,(H,25,31)(H3,26,27,28,29,30,32). The van der Waals surface area contributed by atoms with Crippen LogP contribution in [-0.4, -0.2) is 28.3 Å². The van der Waals surface area contributed by atoms with E-state index in [4.69, 9.17) is 23.2 Å². The van der Waals surface area contributed by atoms with Crippen molar-refractivity contribution in [3.63, 3.8) is 0 Å². The Balaban J connectivity index is 1.53. The number of aromatic amines is 1. The van der Waals surface area contributed by atoms with Crippen LogP contribution >= 0.6 is 23.2 Å². The maximum atomic E-state index is 12.8. The Morgan fingerprint density at radius 2 is 1.91 bits per heavy atom. The quantitative estimate of drug-likeness (QED) is 0.438. The number of amides is 2. The highest BCUT2D eigenvalue weighted by Crippen LogP contribution is 2.31. The first kappa shape index (κ1) is 21.9. The molecule has 10 heteroatoms. The number of nitrogens with one attached hydrogen (secondary N) is 4. The lowest BCUT2D eigenvalue weighted by Gasteiger charge is -2.23. The molecular formula is C22H19Cl2N5O3. The molecule has 4 N–H and O–H groups in total. The minimum absolute atomic E-state index is 0.0424. The molecule has 0 radical (unpaired) electrons. The second-order valence-electron chi connectivity index (χ2n) is 7.26. The number of fused-ring (bicyclic) bond motifs is 1. The molecule has 0 spiro atoms. The summed E-state index contributed by atoms with van der Waals surface area (Å²) >= 11 is 12.1. The number of carbonyl (C=O) groups excluding carboxylic acids is 2. The molecule has 2 amide bonds. The van der Waals surface area contributed by atoms with Crippen LogP contribution in [0, 0.1) is 0 Å². The van der Waals surface area contributed by atoms with Gasteiger partial charge < -0.3 is 16.0 Å². The van der Waals surface area contributed by atoms with Crippen molar-refractivity contribution in [1.29, 1.82) is 0 Å². The summed E-state index contributed by atoms with van der Waals surface area (Å²) in [6.45, 7) is 0.385. The zero-order valence-corrected chi connectivity index (χ0v) is 18.3. The lowest BCUT2D eigenvalue weighted by Crippen LogP contribution is -2.39. The Hall–Kier alpha value is -3.36. The van der Waals surface area contributed by atoms with Gasteiger partial charge in [-0.1, -0.05) is 53.5 Å². The molecule has 1 aromatic heterocycles. The molecule has 2 heterocycles. The van der Waals surface area contributed by atoms with Crippen LogP contribution in [0.3, 0.4) is 0 Å². The van der Waals surface area contributed by atoms with Crippen molar-refractivity contribution < 1.29 is 9.59 Å². The van der Waals surface area contributed by atoms with Gasteiger partial charge in [0.25, 0.3) is 5.56 Å². The molecule has 164 valence electrons. The smallest absolute Gasteiger partial charge is 0.258 e. The fraction of sp³-hybridized carbons (Fsp3) is 0.182. The monoisotopic (exact) mass is 471 g/mol. The van der Waals surface area contributed by atoms with Gasteiger partial charge in [0.15, 0.2) is 0 Å². The first-order valence-corrected chi connectivity index (χ1v) is 10.6. The number of H-pyrrole nitrogens is 1. The van der Waals surface area contributed by atoms with Gasteiger partial charge in [-0.3, -0.25) is 19.4 Å². The van der Waals surface area contributed by atoms with Gasteiger partial charge in [-0.2, -0.15) is 4.98 Å². The predicted molar refractivity (Wildman–Crippen MR) is 124 cm³/mol. The van der Waals surface area contributed by atoms with E-state index >= 15 is 0 Å². The van der Waals surface area contributed by atoms with Crippen molar-refractivity contribution in [3.8, 4) is 0 Å². The lowest BCUT2D eigenvalue weighted by atomic mass is 9.92. The van der Waals surface area contributed by atoms with Gasteiger partial charge in [-0.25, -0.2) is 0 Å².